The Bertz CT molecular complexity index is 2860. The van der Waals surface area contributed by atoms with E-state index in [0.29, 0.717) is 0 Å². The first-order valence-electron chi connectivity index (χ1n) is 19.5. The van der Waals surface area contributed by atoms with Gasteiger partial charge in [-0.25, -0.2) is 4.98 Å². The number of rotatable bonds is 7. The normalized spacial score (nSPS) is 12.7. The van der Waals surface area contributed by atoms with Gasteiger partial charge in [-0.1, -0.05) is 110 Å². The average Bonchev–Trinajstić information content (AvgIpc) is 3.75. The maximum atomic E-state index is 4.98. The molecule has 1 aliphatic carbocycles. The van der Waals surface area contributed by atoms with Crippen LogP contribution in [0, 0.1) is 13.8 Å². The molecule has 0 unspecified atom stereocenters. The predicted octanol–water partition coefficient (Wildman–Crippen LogP) is 13.2. The van der Waals surface area contributed by atoms with E-state index < -0.39 is 0 Å². The van der Waals surface area contributed by atoms with E-state index in [2.05, 4.69) is 165 Å². The second-order valence-corrected chi connectivity index (χ2v) is 15.6. The van der Waals surface area contributed by atoms with Crippen LogP contribution < -0.4 is 4.90 Å². The van der Waals surface area contributed by atoms with Gasteiger partial charge in [-0.15, -0.1) is 0 Å². The molecule has 0 radical (unpaired) electrons. The minimum absolute atomic E-state index is 0.197. The molecule has 10 rings (SSSR count). The summed E-state index contributed by atoms with van der Waals surface area (Å²) < 4.78 is 2.18. The minimum Gasteiger partial charge on any atom is -0.310 e. The highest BCUT2D eigenvalue weighted by atomic mass is 15.1. The Morgan fingerprint density at radius 1 is 0.491 bits per heavy atom. The van der Waals surface area contributed by atoms with Crippen LogP contribution in [0.25, 0.3) is 61.8 Å². The SMILES string of the molecule is Cc1ccc(N(c2ccc(C)cc2)c2ccc3c(c2)C(C)(C)c2cc(-c4ccc(-c5ccc(-c6nc7ccccc7n6-c6ccccc6)nc5)cn4)ccc2-3)cc1. The van der Waals surface area contributed by atoms with Gasteiger partial charge in [0.25, 0.3) is 0 Å². The quantitative estimate of drug-likeness (QED) is 0.163. The monoisotopic (exact) mass is 735 g/mol. The van der Waals surface area contributed by atoms with Crippen molar-refractivity contribution in [2.45, 2.75) is 33.1 Å². The summed E-state index contributed by atoms with van der Waals surface area (Å²) in [6.07, 6.45) is 3.87. The number of benzene rings is 6. The molecule has 1 aliphatic rings. The highest BCUT2D eigenvalue weighted by Gasteiger charge is 2.36. The summed E-state index contributed by atoms with van der Waals surface area (Å²) in [4.78, 5) is 17.2. The molecule has 0 spiro atoms. The summed E-state index contributed by atoms with van der Waals surface area (Å²) >= 11 is 0. The summed E-state index contributed by atoms with van der Waals surface area (Å²) in [5.41, 5.74) is 18.9. The van der Waals surface area contributed by atoms with Crippen LogP contribution in [0.5, 0.6) is 0 Å². The fraction of sp³-hybridized carbons (Fsp3) is 0.0962. The maximum absolute atomic E-state index is 4.98. The molecular weight excluding hydrogens is 695 g/mol. The number of aryl methyl sites for hydroxylation is 2. The van der Waals surface area contributed by atoms with E-state index in [1.54, 1.807) is 0 Å². The number of fused-ring (bicyclic) bond motifs is 4. The van der Waals surface area contributed by atoms with Gasteiger partial charge in [-0.3, -0.25) is 14.5 Å². The third-order valence-electron chi connectivity index (χ3n) is 11.5. The first-order chi connectivity index (χ1) is 27.8. The van der Waals surface area contributed by atoms with Crippen molar-refractivity contribution in [2.75, 3.05) is 4.90 Å². The van der Waals surface area contributed by atoms with Gasteiger partial charge in [-0.05, 0) is 115 Å². The number of anilines is 3. The topological polar surface area (TPSA) is 46.8 Å². The summed E-state index contributed by atoms with van der Waals surface area (Å²) in [6, 6.07) is 58.3. The van der Waals surface area contributed by atoms with E-state index in [1.165, 1.54) is 33.4 Å². The fourth-order valence-electron chi connectivity index (χ4n) is 8.33. The first-order valence-corrected chi connectivity index (χ1v) is 19.5. The van der Waals surface area contributed by atoms with Crippen LogP contribution in [0.1, 0.15) is 36.1 Å². The van der Waals surface area contributed by atoms with Gasteiger partial charge in [0.15, 0.2) is 5.82 Å². The number of hydrogen-bond donors (Lipinski definition) is 0. The van der Waals surface area contributed by atoms with Crippen molar-refractivity contribution in [1.29, 1.82) is 0 Å². The van der Waals surface area contributed by atoms with Gasteiger partial charge in [0, 0.05) is 57.2 Å². The van der Waals surface area contributed by atoms with E-state index in [0.717, 1.165) is 67.7 Å². The second kappa shape index (κ2) is 13.6. The van der Waals surface area contributed by atoms with Crippen molar-refractivity contribution in [2.24, 2.45) is 0 Å². The molecule has 0 saturated carbocycles. The highest BCUT2D eigenvalue weighted by Crippen LogP contribution is 2.51. The molecule has 0 amide bonds. The smallest absolute Gasteiger partial charge is 0.164 e. The maximum Gasteiger partial charge on any atom is 0.164 e. The molecule has 0 fully saturated rings. The number of hydrogen-bond acceptors (Lipinski definition) is 4. The Morgan fingerprint density at radius 2 is 1.04 bits per heavy atom. The largest absolute Gasteiger partial charge is 0.310 e. The van der Waals surface area contributed by atoms with Gasteiger partial charge in [0.05, 0.1) is 16.7 Å². The Hall–Kier alpha value is -7.11. The van der Waals surface area contributed by atoms with Crippen LogP contribution in [-0.4, -0.2) is 19.5 Å². The molecular formula is C52H41N5. The zero-order chi connectivity index (χ0) is 38.7. The molecule has 0 aliphatic heterocycles. The molecule has 3 aromatic heterocycles. The summed E-state index contributed by atoms with van der Waals surface area (Å²) in [7, 11) is 0. The Morgan fingerprint density at radius 3 is 1.67 bits per heavy atom. The van der Waals surface area contributed by atoms with Crippen molar-refractivity contribution >= 4 is 28.1 Å². The van der Waals surface area contributed by atoms with Crippen LogP contribution in [-0.2, 0) is 5.41 Å². The van der Waals surface area contributed by atoms with Crippen LogP contribution in [0.15, 0.2) is 176 Å². The second-order valence-electron chi connectivity index (χ2n) is 15.6. The molecule has 0 bridgehead atoms. The molecule has 9 aromatic rings. The molecule has 274 valence electrons. The lowest BCUT2D eigenvalue weighted by molar-refractivity contribution is 0.660. The first kappa shape index (κ1) is 34.4. The highest BCUT2D eigenvalue weighted by molar-refractivity contribution is 5.87. The van der Waals surface area contributed by atoms with Crippen LogP contribution in [0.4, 0.5) is 17.1 Å². The minimum atomic E-state index is -0.197. The van der Waals surface area contributed by atoms with Gasteiger partial charge >= 0.3 is 0 Å². The van der Waals surface area contributed by atoms with E-state index >= 15 is 0 Å². The standard InChI is InChI=1S/C52H41N5/c1-34-14-21-40(22-15-34)56(41-23-16-35(2)17-24-41)42-25-27-44-43-26-18-36(30-45(43)52(3,4)46(44)31-42)47-28-19-37(32-53-47)38-20-29-49(54-33-38)51-55-48-12-8-9-13-50(48)57(51)39-10-6-5-7-11-39/h5-33H,1-4H3. The summed E-state index contributed by atoms with van der Waals surface area (Å²) in [6.45, 7) is 8.95. The van der Waals surface area contributed by atoms with Gasteiger partial charge in [0.1, 0.15) is 5.69 Å². The van der Waals surface area contributed by atoms with E-state index in [-0.39, 0.29) is 5.41 Å². The number of imidazole rings is 1. The molecule has 0 atom stereocenters. The van der Waals surface area contributed by atoms with Crippen molar-refractivity contribution in [3.8, 4) is 50.7 Å². The fourth-order valence-corrected chi connectivity index (χ4v) is 8.33. The van der Waals surface area contributed by atoms with Crippen LogP contribution in [0.2, 0.25) is 0 Å². The lowest BCUT2D eigenvalue weighted by atomic mass is 9.81. The molecule has 5 heteroatoms. The number of aromatic nitrogens is 4. The Labute approximate surface area is 333 Å². The molecule has 0 saturated heterocycles. The Balaban J connectivity index is 0.937. The zero-order valence-corrected chi connectivity index (χ0v) is 32.5. The lowest BCUT2D eigenvalue weighted by Crippen LogP contribution is -2.16. The van der Waals surface area contributed by atoms with Crippen molar-refractivity contribution in [3.63, 3.8) is 0 Å². The van der Waals surface area contributed by atoms with Crippen molar-refractivity contribution in [3.05, 3.63) is 198 Å². The van der Waals surface area contributed by atoms with Crippen molar-refractivity contribution in [1.82, 2.24) is 19.5 Å². The lowest BCUT2D eigenvalue weighted by Gasteiger charge is -2.28. The summed E-state index contributed by atoms with van der Waals surface area (Å²) in [5.74, 6) is 0.815. The van der Waals surface area contributed by atoms with E-state index in [9.17, 15) is 0 Å². The predicted molar refractivity (Wildman–Crippen MR) is 235 cm³/mol. The molecule has 5 nitrogen and oxygen atoms in total. The molecule has 3 heterocycles. The zero-order valence-electron chi connectivity index (χ0n) is 32.5. The molecule has 0 N–H and O–H groups in total. The molecule has 57 heavy (non-hydrogen) atoms. The average molecular weight is 736 g/mol. The van der Waals surface area contributed by atoms with E-state index in [4.69, 9.17) is 15.0 Å². The van der Waals surface area contributed by atoms with Crippen LogP contribution >= 0.6 is 0 Å². The van der Waals surface area contributed by atoms with Crippen LogP contribution in [0.3, 0.4) is 0 Å². The number of nitrogens with zero attached hydrogens (tertiary/aromatic N) is 5. The number of pyridine rings is 2. The van der Waals surface area contributed by atoms with E-state index in [1.807, 2.05) is 48.8 Å². The van der Waals surface area contributed by atoms with Gasteiger partial charge in [-0.2, -0.15) is 0 Å². The Kier molecular flexibility index (Phi) is 8.19. The van der Waals surface area contributed by atoms with Gasteiger partial charge < -0.3 is 4.90 Å². The molecule has 6 aromatic carbocycles. The third kappa shape index (κ3) is 6.00. The van der Waals surface area contributed by atoms with Crippen molar-refractivity contribution < 1.29 is 0 Å². The summed E-state index contributed by atoms with van der Waals surface area (Å²) in [5, 5.41) is 0. The third-order valence-corrected chi connectivity index (χ3v) is 11.5. The number of para-hydroxylation sites is 3. The van der Waals surface area contributed by atoms with Gasteiger partial charge in [0.2, 0.25) is 0 Å².